The first-order valence-electron chi connectivity index (χ1n) is 6.64. The molecular formula is C16H20O3Si. The van der Waals surface area contributed by atoms with Gasteiger partial charge in [-0.2, -0.15) is 0 Å². The Hall–Kier alpha value is -1.78. The van der Waals surface area contributed by atoms with Crippen LogP contribution in [0.3, 0.4) is 0 Å². The van der Waals surface area contributed by atoms with Gasteiger partial charge in [0, 0.05) is 0 Å². The van der Waals surface area contributed by atoms with Crippen LogP contribution < -0.4 is 9.47 Å². The summed E-state index contributed by atoms with van der Waals surface area (Å²) in [6.45, 7) is 5.57. The molecule has 0 aliphatic carbocycles. The van der Waals surface area contributed by atoms with Crippen LogP contribution >= 0.6 is 0 Å². The van der Waals surface area contributed by atoms with Crippen molar-refractivity contribution < 1.29 is 13.9 Å². The van der Waals surface area contributed by atoms with Gasteiger partial charge < -0.3 is 13.9 Å². The second kappa shape index (κ2) is 6.59. The molecule has 106 valence electrons. The average Bonchev–Trinajstić information content (AvgIpc) is 2.39. The molecule has 3 nitrogen and oxygen atoms in total. The predicted molar refractivity (Wildman–Crippen MR) is 82.4 cm³/mol. The van der Waals surface area contributed by atoms with E-state index >= 15 is 0 Å². The van der Waals surface area contributed by atoms with Crippen LogP contribution in [0.4, 0.5) is 0 Å². The van der Waals surface area contributed by atoms with Crippen molar-refractivity contribution in [1.29, 1.82) is 0 Å². The maximum Gasteiger partial charge on any atom is 0.351 e. The molecule has 0 heterocycles. The van der Waals surface area contributed by atoms with E-state index in [9.17, 15) is 0 Å². The van der Waals surface area contributed by atoms with E-state index in [0.717, 1.165) is 11.5 Å². The molecule has 4 heteroatoms. The summed E-state index contributed by atoms with van der Waals surface area (Å²) in [6.07, 6.45) is 0. The summed E-state index contributed by atoms with van der Waals surface area (Å²) in [4.78, 5) is 0. The summed E-state index contributed by atoms with van der Waals surface area (Å²) in [5.74, 6) is 1.46. The molecule has 0 spiro atoms. The summed E-state index contributed by atoms with van der Waals surface area (Å²) in [5.41, 5.74) is 0. The third-order valence-corrected chi connectivity index (χ3v) is 3.30. The molecule has 0 N–H and O–H groups in total. The minimum absolute atomic E-state index is 0.728. The first-order chi connectivity index (χ1) is 9.53. The molecule has 2 aromatic rings. The van der Waals surface area contributed by atoms with E-state index in [2.05, 4.69) is 19.6 Å². The Balaban J connectivity index is 2.08. The standard InChI is InChI=1S/C16H20O3Si/c1-20(2,3)19-16(17-14-10-6-4-7-11-14)18-15-12-8-5-9-13-15/h4-13,16H,1-3H3. The molecule has 0 saturated carbocycles. The van der Waals surface area contributed by atoms with Crippen LogP contribution in [0.5, 0.6) is 11.5 Å². The van der Waals surface area contributed by atoms with Crippen LogP contribution in [-0.4, -0.2) is 14.8 Å². The highest BCUT2D eigenvalue weighted by Crippen LogP contribution is 2.19. The first-order valence-corrected chi connectivity index (χ1v) is 10.0. The van der Waals surface area contributed by atoms with E-state index in [0.29, 0.717) is 0 Å². The minimum atomic E-state index is -1.78. The molecule has 0 fully saturated rings. The molecule has 0 aliphatic heterocycles. The summed E-state index contributed by atoms with van der Waals surface area (Å²) in [6, 6.07) is 19.1. The predicted octanol–water partition coefficient (Wildman–Crippen LogP) is 4.28. The van der Waals surface area contributed by atoms with Crippen LogP contribution in [0.2, 0.25) is 19.6 Å². The summed E-state index contributed by atoms with van der Waals surface area (Å²) in [5, 5.41) is 0. The monoisotopic (exact) mass is 288 g/mol. The highest BCUT2D eigenvalue weighted by Gasteiger charge is 2.24. The molecule has 0 atom stereocenters. The first kappa shape index (κ1) is 14.6. The zero-order valence-electron chi connectivity index (χ0n) is 12.1. The van der Waals surface area contributed by atoms with Gasteiger partial charge in [-0.05, 0) is 43.9 Å². The molecule has 20 heavy (non-hydrogen) atoms. The maximum atomic E-state index is 5.94. The number of ether oxygens (including phenoxy) is 2. The second-order valence-corrected chi connectivity index (χ2v) is 9.84. The molecular weight excluding hydrogens is 268 g/mol. The van der Waals surface area contributed by atoms with Gasteiger partial charge in [0.15, 0.2) is 8.32 Å². The number of hydrogen-bond donors (Lipinski definition) is 0. The van der Waals surface area contributed by atoms with Crippen molar-refractivity contribution in [1.82, 2.24) is 0 Å². The fourth-order valence-corrected chi connectivity index (χ4v) is 2.25. The fraction of sp³-hybridized carbons (Fsp3) is 0.250. The molecule has 0 unspecified atom stereocenters. The Morgan fingerprint density at radius 1 is 0.700 bits per heavy atom. The lowest BCUT2D eigenvalue weighted by atomic mass is 10.3. The van der Waals surface area contributed by atoms with Gasteiger partial charge in [-0.25, -0.2) is 0 Å². The topological polar surface area (TPSA) is 27.7 Å². The van der Waals surface area contributed by atoms with E-state index in [-0.39, 0.29) is 0 Å². The van der Waals surface area contributed by atoms with Crippen molar-refractivity contribution in [3.05, 3.63) is 60.7 Å². The quantitative estimate of drug-likeness (QED) is 0.586. The SMILES string of the molecule is C[Si](C)(C)OC(Oc1ccccc1)Oc1ccccc1. The molecule has 2 rings (SSSR count). The molecule has 2 aromatic carbocycles. The van der Waals surface area contributed by atoms with Crippen molar-refractivity contribution in [3.8, 4) is 11.5 Å². The van der Waals surface area contributed by atoms with E-state index in [1.165, 1.54) is 0 Å². The number of para-hydroxylation sites is 2. The maximum absolute atomic E-state index is 5.94. The van der Waals surface area contributed by atoms with Gasteiger partial charge >= 0.3 is 6.48 Å². The normalized spacial score (nSPS) is 11.4. The summed E-state index contributed by atoms with van der Waals surface area (Å²) in [7, 11) is -1.78. The minimum Gasteiger partial charge on any atom is -0.433 e. The van der Waals surface area contributed by atoms with Gasteiger partial charge in [-0.15, -0.1) is 0 Å². The third-order valence-electron chi connectivity index (χ3n) is 2.40. The zero-order valence-corrected chi connectivity index (χ0v) is 13.1. The van der Waals surface area contributed by atoms with Crippen molar-refractivity contribution in [2.75, 3.05) is 0 Å². The van der Waals surface area contributed by atoms with Crippen LogP contribution in [0.25, 0.3) is 0 Å². The number of benzene rings is 2. The van der Waals surface area contributed by atoms with Crippen LogP contribution in [0.15, 0.2) is 60.7 Å². The van der Waals surface area contributed by atoms with Crippen LogP contribution in [-0.2, 0) is 4.43 Å². The van der Waals surface area contributed by atoms with Gasteiger partial charge in [-0.3, -0.25) is 0 Å². The van der Waals surface area contributed by atoms with Gasteiger partial charge in [0.2, 0.25) is 0 Å². The van der Waals surface area contributed by atoms with Gasteiger partial charge in [-0.1, -0.05) is 36.4 Å². The van der Waals surface area contributed by atoms with E-state index in [1.54, 1.807) is 0 Å². The van der Waals surface area contributed by atoms with E-state index in [4.69, 9.17) is 13.9 Å². The highest BCUT2D eigenvalue weighted by molar-refractivity contribution is 6.69. The Morgan fingerprint density at radius 3 is 1.45 bits per heavy atom. The third kappa shape index (κ3) is 5.07. The fourth-order valence-electron chi connectivity index (χ4n) is 1.58. The van der Waals surface area contributed by atoms with Crippen molar-refractivity contribution in [2.24, 2.45) is 0 Å². The Bertz CT molecular complexity index is 467. The van der Waals surface area contributed by atoms with Crippen molar-refractivity contribution in [3.63, 3.8) is 0 Å². The number of hydrogen-bond acceptors (Lipinski definition) is 3. The molecule has 0 aromatic heterocycles. The van der Waals surface area contributed by atoms with E-state index in [1.807, 2.05) is 60.7 Å². The largest absolute Gasteiger partial charge is 0.433 e. The second-order valence-electron chi connectivity index (χ2n) is 5.38. The average molecular weight is 288 g/mol. The Morgan fingerprint density at radius 2 is 1.10 bits per heavy atom. The lowest BCUT2D eigenvalue weighted by Crippen LogP contribution is -2.38. The lowest BCUT2D eigenvalue weighted by molar-refractivity contribution is -0.146. The molecule has 0 radical (unpaired) electrons. The van der Waals surface area contributed by atoms with Gasteiger partial charge in [0.25, 0.3) is 0 Å². The molecule has 0 bridgehead atoms. The summed E-state index contributed by atoms with van der Waals surface area (Å²) < 4.78 is 17.5. The molecule has 0 amide bonds. The highest BCUT2D eigenvalue weighted by atomic mass is 28.4. The van der Waals surface area contributed by atoms with Crippen molar-refractivity contribution in [2.45, 2.75) is 26.1 Å². The lowest BCUT2D eigenvalue weighted by Gasteiger charge is -2.26. The van der Waals surface area contributed by atoms with Crippen LogP contribution in [0, 0.1) is 0 Å². The summed E-state index contributed by atoms with van der Waals surface area (Å²) >= 11 is 0. The van der Waals surface area contributed by atoms with E-state index < -0.39 is 14.8 Å². The van der Waals surface area contributed by atoms with Crippen LogP contribution in [0.1, 0.15) is 0 Å². The smallest absolute Gasteiger partial charge is 0.351 e. The van der Waals surface area contributed by atoms with Crippen molar-refractivity contribution >= 4 is 8.32 Å². The van der Waals surface area contributed by atoms with Gasteiger partial charge in [0.1, 0.15) is 11.5 Å². The number of rotatable bonds is 6. The van der Waals surface area contributed by atoms with Gasteiger partial charge in [0.05, 0.1) is 0 Å². The molecule has 0 saturated heterocycles. The molecule has 0 aliphatic rings. The Kier molecular flexibility index (Phi) is 4.82. The Labute approximate surface area is 121 Å². The zero-order chi connectivity index (χ0) is 14.4.